The van der Waals surface area contributed by atoms with Crippen molar-refractivity contribution in [3.05, 3.63) is 86.6 Å². The summed E-state index contributed by atoms with van der Waals surface area (Å²) < 4.78 is 13.2. The van der Waals surface area contributed by atoms with Gasteiger partial charge in [-0.15, -0.1) is 11.3 Å². The number of thiazole rings is 1. The molecule has 160 valence electrons. The first-order valence-electron chi connectivity index (χ1n) is 9.99. The predicted octanol–water partition coefficient (Wildman–Crippen LogP) is 4.26. The maximum Gasteiger partial charge on any atom is 0.266 e. The van der Waals surface area contributed by atoms with Gasteiger partial charge in [0.25, 0.3) is 5.91 Å². The summed E-state index contributed by atoms with van der Waals surface area (Å²) in [4.78, 5) is 22.5. The number of aromatic nitrogens is 1. The summed E-state index contributed by atoms with van der Waals surface area (Å²) in [6.07, 6.45) is 0.562. The van der Waals surface area contributed by atoms with Crippen molar-refractivity contribution in [1.29, 1.82) is 5.26 Å². The quantitative estimate of drug-likeness (QED) is 0.529. The summed E-state index contributed by atoms with van der Waals surface area (Å²) in [7, 11) is 3.95. The van der Waals surface area contributed by atoms with Crippen LogP contribution in [0.2, 0.25) is 0 Å². The van der Waals surface area contributed by atoms with Gasteiger partial charge in [-0.2, -0.15) is 5.26 Å². The Bertz CT molecular complexity index is 1070. The number of carbonyl (C=O) groups excluding carboxylic acids is 1. The molecule has 0 spiro atoms. The number of aryl methyl sites for hydroxylation is 1. The van der Waals surface area contributed by atoms with Crippen molar-refractivity contribution in [3.8, 4) is 6.07 Å². The molecule has 0 atom stereocenters. The lowest BCUT2D eigenvalue weighted by Crippen LogP contribution is -2.36. The molecule has 1 heterocycles. The minimum atomic E-state index is -0.269. The topological polar surface area (TPSA) is 60.2 Å². The second-order valence-corrected chi connectivity index (χ2v) is 8.75. The van der Waals surface area contributed by atoms with Gasteiger partial charge in [-0.25, -0.2) is 9.37 Å². The van der Waals surface area contributed by atoms with Crippen molar-refractivity contribution in [1.82, 2.24) is 14.8 Å². The molecule has 1 aromatic heterocycles. The van der Waals surface area contributed by atoms with Gasteiger partial charge in [-0.3, -0.25) is 4.79 Å². The van der Waals surface area contributed by atoms with Crippen molar-refractivity contribution in [2.45, 2.75) is 19.9 Å². The number of likely N-dealkylation sites (N-methyl/N-ethyl adjacent to an activating group) is 1. The van der Waals surface area contributed by atoms with Gasteiger partial charge in [0.1, 0.15) is 10.7 Å². The number of nitriles is 1. The molecule has 0 N–H and O–H groups in total. The zero-order valence-corrected chi connectivity index (χ0v) is 18.7. The van der Waals surface area contributed by atoms with E-state index in [0.29, 0.717) is 35.6 Å². The third-order valence-corrected chi connectivity index (χ3v) is 6.01. The molecular formula is C24H25FN4OS. The first kappa shape index (κ1) is 22.6. The monoisotopic (exact) mass is 436 g/mol. The summed E-state index contributed by atoms with van der Waals surface area (Å²) in [6.45, 7) is 3.63. The Hall–Kier alpha value is -3.08. The Morgan fingerprint density at radius 3 is 2.32 bits per heavy atom. The fraction of sp³-hybridized carbons (Fsp3) is 0.292. The predicted molar refractivity (Wildman–Crippen MR) is 121 cm³/mol. The summed E-state index contributed by atoms with van der Waals surface area (Å²) in [5.74, 6) is -0.319. The van der Waals surface area contributed by atoms with Crippen LogP contribution in [0.15, 0.2) is 48.5 Å². The molecule has 7 heteroatoms. The number of hydrogen-bond acceptors (Lipinski definition) is 5. The minimum Gasteiger partial charge on any atom is -0.332 e. The lowest BCUT2D eigenvalue weighted by Gasteiger charge is -2.24. The van der Waals surface area contributed by atoms with Crippen LogP contribution < -0.4 is 0 Å². The Morgan fingerprint density at radius 1 is 1.06 bits per heavy atom. The van der Waals surface area contributed by atoms with E-state index in [1.54, 1.807) is 24.3 Å². The molecule has 2 aromatic carbocycles. The lowest BCUT2D eigenvalue weighted by molar-refractivity contribution is 0.0736. The molecule has 0 bridgehead atoms. The number of amides is 1. The molecule has 3 rings (SSSR count). The van der Waals surface area contributed by atoms with Crippen molar-refractivity contribution < 1.29 is 9.18 Å². The van der Waals surface area contributed by atoms with E-state index >= 15 is 0 Å². The highest BCUT2D eigenvalue weighted by atomic mass is 32.1. The number of benzene rings is 2. The SMILES string of the molecule is Cc1nc(Cc2ccc(F)cc2)sc1C(=O)N(CCN(C)C)Cc1ccc(C#N)cc1. The molecule has 0 radical (unpaired) electrons. The van der Waals surface area contributed by atoms with Gasteiger partial charge < -0.3 is 9.80 Å². The largest absolute Gasteiger partial charge is 0.332 e. The zero-order chi connectivity index (χ0) is 22.4. The molecule has 0 aliphatic rings. The molecule has 1 amide bonds. The molecule has 31 heavy (non-hydrogen) atoms. The summed E-state index contributed by atoms with van der Waals surface area (Å²) in [5.41, 5.74) is 3.23. The average Bonchev–Trinajstić information content (AvgIpc) is 3.12. The molecule has 0 aliphatic heterocycles. The van der Waals surface area contributed by atoms with E-state index in [-0.39, 0.29) is 11.7 Å². The maximum atomic E-state index is 13.4. The number of rotatable bonds is 8. The normalized spacial score (nSPS) is 10.8. The molecular weight excluding hydrogens is 411 g/mol. The van der Waals surface area contributed by atoms with Gasteiger partial charge in [0.2, 0.25) is 0 Å². The van der Waals surface area contributed by atoms with Crippen LogP contribution in [-0.4, -0.2) is 47.9 Å². The molecule has 0 aliphatic carbocycles. The number of halogens is 1. The highest BCUT2D eigenvalue weighted by molar-refractivity contribution is 7.13. The van der Waals surface area contributed by atoms with Crippen LogP contribution in [0.1, 0.15) is 37.1 Å². The Morgan fingerprint density at radius 2 is 1.71 bits per heavy atom. The lowest BCUT2D eigenvalue weighted by atomic mass is 10.1. The van der Waals surface area contributed by atoms with E-state index in [1.165, 1.54) is 23.5 Å². The van der Waals surface area contributed by atoms with Gasteiger partial charge in [0.05, 0.1) is 22.3 Å². The highest BCUT2D eigenvalue weighted by Gasteiger charge is 2.22. The Kier molecular flexibility index (Phi) is 7.50. The van der Waals surface area contributed by atoms with Gasteiger partial charge >= 0.3 is 0 Å². The molecule has 0 saturated carbocycles. The molecule has 0 fully saturated rings. The summed E-state index contributed by atoms with van der Waals surface area (Å²) in [6, 6.07) is 15.8. The molecule has 3 aromatic rings. The van der Waals surface area contributed by atoms with E-state index in [4.69, 9.17) is 5.26 Å². The fourth-order valence-electron chi connectivity index (χ4n) is 3.13. The van der Waals surface area contributed by atoms with Crippen LogP contribution in [0.4, 0.5) is 4.39 Å². The van der Waals surface area contributed by atoms with Crippen LogP contribution >= 0.6 is 11.3 Å². The van der Waals surface area contributed by atoms with Crippen molar-refractivity contribution in [2.24, 2.45) is 0 Å². The summed E-state index contributed by atoms with van der Waals surface area (Å²) in [5, 5.41) is 9.83. The molecule has 0 saturated heterocycles. The van der Waals surface area contributed by atoms with Gasteiger partial charge in [-0.1, -0.05) is 24.3 Å². The average molecular weight is 437 g/mol. The molecule has 0 unspecified atom stereocenters. The first-order valence-corrected chi connectivity index (χ1v) is 10.8. The maximum absolute atomic E-state index is 13.4. The van der Waals surface area contributed by atoms with Gasteiger partial charge in [0.15, 0.2) is 0 Å². The van der Waals surface area contributed by atoms with E-state index in [1.807, 2.05) is 43.0 Å². The molecule has 5 nitrogen and oxygen atoms in total. The summed E-state index contributed by atoms with van der Waals surface area (Å²) >= 11 is 1.39. The standard InChI is InChI=1S/C24H25FN4OS/c1-17-23(31-22(27-17)14-18-8-10-21(25)11-9-18)24(30)29(13-12-28(2)3)16-20-6-4-19(15-26)5-7-20/h4-11H,12-14,16H2,1-3H3. The van der Waals surface area contributed by atoms with E-state index in [2.05, 4.69) is 11.1 Å². The van der Waals surface area contributed by atoms with E-state index in [9.17, 15) is 9.18 Å². The fourth-order valence-corrected chi connectivity index (χ4v) is 4.19. The second kappa shape index (κ2) is 10.3. The van der Waals surface area contributed by atoms with Crippen LogP contribution in [0, 0.1) is 24.1 Å². The van der Waals surface area contributed by atoms with Crippen molar-refractivity contribution in [3.63, 3.8) is 0 Å². The van der Waals surface area contributed by atoms with Crippen LogP contribution in [0.5, 0.6) is 0 Å². The van der Waals surface area contributed by atoms with Crippen LogP contribution in [-0.2, 0) is 13.0 Å². The third-order valence-electron chi connectivity index (χ3n) is 4.86. The van der Waals surface area contributed by atoms with Crippen molar-refractivity contribution >= 4 is 17.2 Å². The van der Waals surface area contributed by atoms with Crippen LogP contribution in [0.3, 0.4) is 0 Å². The number of nitrogens with zero attached hydrogens (tertiary/aromatic N) is 4. The minimum absolute atomic E-state index is 0.0495. The smallest absolute Gasteiger partial charge is 0.266 e. The van der Waals surface area contributed by atoms with E-state index < -0.39 is 0 Å². The number of hydrogen-bond donors (Lipinski definition) is 0. The van der Waals surface area contributed by atoms with Gasteiger partial charge in [-0.05, 0) is 56.4 Å². The van der Waals surface area contributed by atoms with Crippen LogP contribution in [0.25, 0.3) is 0 Å². The Labute approximate surface area is 186 Å². The number of carbonyl (C=O) groups is 1. The highest BCUT2D eigenvalue weighted by Crippen LogP contribution is 2.23. The van der Waals surface area contributed by atoms with Crippen molar-refractivity contribution in [2.75, 3.05) is 27.2 Å². The zero-order valence-electron chi connectivity index (χ0n) is 17.9. The third kappa shape index (κ3) is 6.20. The first-order chi connectivity index (χ1) is 14.9. The van der Waals surface area contributed by atoms with Gasteiger partial charge in [0, 0.05) is 26.1 Å². The van der Waals surface area contributed by atoms with E-state index in [0.717, 1.165) is 22.7 Å². The second-order valence-electron chi connectivity index (χ2n) is 7.66. The Balaban J connectivity index is 1.79.